The zero-order valence-corrected chi connectivity index (χ0v) is 20.0. The molecule has 0 spiro atoms. The van der Waals surface area contributed by atoms with Crippen molar-refractivity contribution in [1.82, 2.24) is 19.9 Å². The second-order valence-electron chi connectivity index (χ2n) is 7.68. The number of aromatic nitrogens is 3. The average Bonchev–Trinajstić information content (AvgIpc) is 2.79. The molecule has 0 aliphatic heterocycles. The van der Waals surface area contributed by atoms with Gasteiger partial charge in [-0.3, -0.25) is 9.78 Å². The molecule has 6 nitrogen and oxygen atoms in total. The maximum absolute atomic E-state index is 11.7. The lowest BCUT2D eigenvalue weighted by molar-refractivity contribution is -0.128. The summed E-state index contributed by atoms with van der Waals surface area (Å²) in [6, 6.07) is 3.95. The van der Waals surface area contributed by atoms with Crippen molar-refractivity contribution in [3.8, 4) is 11.3 Å². The summed E-state index contributed by atoms with van der Waals surface area (Å²) in [4.78, 5) is 27.5. The summed E-state index contributed by atoms with van der Waals surface area (Å²) in [6.07, 6.45) is 11.3. The van der Waals surface area contributed by atoms with Gasteiger partial charge in [-0.15, -0.1) is 0 Å². The monoisotopic (exact) mass is 433 g/mol. The number of hydrogen-bond donors (Lipinski definition) is 1. The van der Waals surface area contributed by atoms with Crippen LogP contribution in [0.25, 0.3) is 16.8 Å². The Hall–Kier alpha value is -3.28. The number of allylic oxidation sites excluding steroid dienone is 5. The minimum absolute atomic E-state index is 0.114. The molecule has 6 heteroatoms. The largest absolute Gasteiger partial charge is 0.354 e. The van der Waals surface area contributed by atoms with Crippen LogP contribution in [0, 0.1) is 6.92 Å². The van der Waals surface area contributed by atoms with Gasteiger partial charge in [-0.05, 0) is 56.9 Å². The van der Waals surface area contributed by atoms with E-state index in [1.165, 1.54) is 0 Å². The molecule has 0 aromatic carbocycles. The Morgan fingerprint density at radius 3 is 2.66 bits per heavy atom. The molecule has 0 saturated heterocycles. The zero-order chi connectivity index (χ0) is 23.5. The highest BCUT2D eigenvalue weighted by molar-refractivity contribution is 5.86. The van der Waals surface area contributed by atoms with Gasteiger partial charge < -0.3 is 10.2 Å². The van der Waals surface area contributed by atoms with Gasteiger partial charge in [0.25, 0.3) is 0 Å². The maximum atomic E-state index is 11.7. The van der Waals surface area contributed by atoms with Crippen LogP contribution in [-0.4, -0.2) is 45.4 Å². The van der Waals surface area contributed by atoms with E-state index in [4.69, 9.17) is 4.98 Å². The molecule has 0 saturated carbocycles. The normalized spacial score (nSPS) is 11.9. The van der Waals surface area contributed by atoms with Crippen LogP contribution in [-0.2, 0) is 4.79 Å². The predicted molar refractivity (Wildman–Crippen MR) is 133 cm³/mol. The second-order valence-corrected chi connectivity index (χ2v) is 7.68. The molecule has 0 radical (unpaired) electrons. The number of nitrogens with one attached hydrogen (secondary N) is 1. The highest BCUT2D eigenvalue weighted by Crippen LogP contribution is 2.31. The first-order chi connectivity index (χ1) is 15.4. The molecule has 0 aliphatic carbocycles. The summed E-state index contributed by atoms with van der Waals surface area (Å²) in [5.74, 6) is 0.677. The smallest absolute Gasteiger partial charge is 0.223 e. The first-order valence-corrected chi connectivity index (χ1v) is 11.2. The highest BCUT2D eigenvalue weighted by Gasteiger charge is 2.16. The predicted octanol–water partition coefficient (Wildman–Crippen LogP) is 5.44. The van der Waals surface area contributed by atoms with E-state index in [2.05, 4.69) is 34.9 Å². The SMILES string of the molecule is C=C/C(C)=C(\C=C/C)c1cnc(NCCCN(CCC)C(C)=O)nc1-c1cccnc1C. The van der Waals surface area contributed by atoms with Crippen LogP contribution >= 0.6 is 0 Å². The Morgan fingerprint density at radius 1 is 1.25 bits per heavy atom. The topological polar surface area (TPSA) is 71.0 Å². The molecule has 32 heavy (non-hydrogen) atoms. The number of aryl methyl sites for hydroxylation is 1. The molecule has 1 amide bonds. The average molecular weight is 434 g/mol. The zero-order valence-electron chi connectivity index (χ0n) is 20.0. The Kier molecular flexibility index (Phi) is 9.79. The number of anilines is 1. The fourth-order valence-electron chi connectivity index (χ4n) is 3.48. The highest BCUT2D eigenvalue weighted by atomic mass is 16.2. The Labute approximate surface area is 192 Å². The lowest BCUT2D eigenvalue weighted by Crippen LogP contribution is -2.31. The molecular formula is C26H35N5O. The summed E-state index contributed by atoms with van der Waals surface area (Å²) in [7, 11) is 0. The third kappa shape index (κ3) is 6.61. The second kappa shape index (κ2) is 12.5. The molecule has 0 fully saturated rings. The Balaban J connectivity index is 2.34. The molecule has 0 unspecified atom stereocenters. The van der Waals surface area contributed by atoms with Crippen molar-refractivity contribution in [3.63, 3.8) is 0 Å². The number of amides is 1. The number of rotatable bonds is 11. The minimum atomic E-state index is 0.114. The van der Waals surface area contributed by atoms with Crippen LogP contribution in [0.2, 0.25) is 0 Å². The fraction of sp³-hybridized carbons (Fsp3) is 0.385. The van der Waals surface area contributed by atoms with Crippen molar-refractivity contribution < 1.29 is 4.79 Å². The molecule has 2 rings (SSSR count). The molecule has 2 aromatic rings. The van der Waals surface area contributed by atoms with E-state index in [9.17, 15) is 4.79 Å². The Bertz CT molecular complexity index is 993. The molecule has 0 aliphatic rings. The number of carbonyl (C=O) groups is 1. The van der Waals surface area contributed by atoms with E-state index in [0.29, 0.717) is 12.5 Å². The number of nitrogens with zero attached hydrogens (tertiary/aromatic N) is 4. The van der Waals surface area contributed by atoms with Crippen molar-refractivity contribution in [2.45, 2.75) is 47.5 Å². The molecular weight excluding hydrogens is 398 g/mol. The van der Waals surface area contributed by atoms with E-state index >= 15 is 0 Å². The van der Waals surface area contributed by atoms with Gasteiger partial charge in [-0.25, -0.2) is 9.97 Å². The fourth-order valence-corrected chi connectivity index (χ4v) is 3.48. The minimum Gasteiger partial charge on any atom is -0.354 e. The van der Waals surface area contributed by atoms with Crippen molar-refractivity contribution in [1.29, 1.82) is 0 Å². The van der Waals surface area contributed by atoms with Gasteiger partial charge in [0.2, 0.25) is 11.9 Å². The number of carbonyl (C=O) groups excluding carboxylic acids is 1. The van der Waals surface area contributed by atoms with Crippen molar-refractivity contribution in [3.05, 3.63) is 66.2 Å². The molecule has 170 valence electrons. The summed E-state index contributed by atoms with van der Waals surface area (Å²) in [5.41, 5.74) is 5.73. The van der Waals surface area contributed by atoms with Crippen LogP contribution in [0.3, 0.4) is 0 Å². The quantitative estimate of drug-likeness (QED) is 0.377. The van der Waals surface area contributed by atoms with Gasteiger partial charge in [0, 0.05) is 55.8 Å². The molecule has 2 heterocycles. The van der Waals surface area contributed by atoms with Gasteiger partial charge in [0.05, 0.1) is 5.69 Å². The maximum Gasteiger partial charge on any atom is 0.223 e. The molecule has 2 aromatic heterocycles. The van der Waals surface area contributed by atoms with E-state index in [-0.39, 0.29) is 5.91 Å². The van der Waals surface area contributed by atoms with Crippen molar-refractivity contribution in [2.75, 3.05) is 25.0 Å². The summed E-state index contributed by atoms with van der Waals surface area (Å²) < 4.78 is 0. The summed E-state index contributed by atoms with van der Waals surface area (Å²) >= 11 is 0. The first-order valence-electron chi connectivity index (χ1n) is 11.2. The lowest BCUT2D eigenvalue weighted by atomic mass is 9.96. The molecule has 0 bridgehead atoms. The Morgan fingerprint density at radius 2 is 2.03 bits per heavy atom. The van der Waals surface area contributed by atoms with Gasteiger partial charge in [0.1, 0.15) is 0 Å². The van der Waals surface area contributed by atoms with Crippen LogP contribution in [0.15, 0.2) is 54.9 Å². The first kappa shape index (κ1) is 25.0. The van der Waals surface area contributed by atoms with E-state index < -0.39 is 0 Å². The van der Waals surface area contributed by atoms with Crippen LogP contribution in [0.4, 0.5) is 5.95 Å². The number of hydrogen-bond acceptors (Lipinski definition) is 5. The van der Waals surface area contributed by atoms with Crippen molar-refractivity contribution in [2.24, 2.45) is 0 Å². The van der Waals surface area contributed by atoms with Gasteiger partial charge in [-0.1, -0.05) is 31.7 Å². The standard InChI is InChI=1S/C26H35N5O/c1-7-12-22(19(4)9-3)24-18-29-26(28-15-11-17-31(16-8-2)21(6)32)30-25(24)23-13-10-14-27-20(23)5/h7,9-10,12-14,18H,3,8,11,15-17H2,1-2,4-6H3,(H,28,29,30)/b12-7-,22-19+. The summed E-state index contributed by atoms with van der Waals surface area (Å²) in [5, 5.41) is 3.32. The lowest BCUT2D eigenvalue weighted by Gasteiger charge is -2.20. The summed E-state index contributed by atoms with van der Waals surface area (Å²) in [6.45, 7) is 15.8. The van der Waals surface area contributed by atoms with Gasteiger partial charge in [0.15, 0.2) is 0 Å². The molecule has 1 N–H and O–H groups in total. The van der Waals surface area contributed by atoms with Crippen LogP contribution < -0.4 is 5.32 Å². The van der Waals surface area contributed by atoms with E-state index in [1.807, 2.05) is 56.2 Å². The van der Waals surface area contributed by atoms with Gasteiger partial charge in [-0.2, -0.15) is 0 Å². The third-order valence-corrected chi connectivity index (χ3v) is 5.23. The third-order valence-electron chi connectivity index (χ3n) is 5.23. The van der Waals surface area contributed by atoms with Crippen LogP contribution in [0.1, 0.15) is 51.8 Å². The van der Waals surface area contributed by atoms with E-state index in [1.54, 1.807) is 13.1 Å². The van der Waals surface area contributed by atoms with Crippen molar-refractivity contribution >= 4 is 17.4 Å². The van der Waals surface area contributed by atoms with E-state index in [0.717, 1.165) is 59.6 Å². The molecule has 0 atom stereocenters. The number of pyridine rings is 1. The van der Waals surface area contributed by atoms with Gasteiger partial charge >= 0.3 is 0 Å². The van der Waals surface area contributed by atoms with Crippen LogP contribution in [0.5, 0.6) is 0 Å².